The van der Waals surface area contributed by atoms with Crippen LogP contribution < -0.4 is 4.74 Å². The summed E-state index contributed by atoms with van der Waals surface area (Å²) in [7, 11) is 0. The SMILES string of the molecule is C[C@@H]1C(=O)c2cc(OC3CCCCO3)ccc2[C@H]2CC[C@]3(C)[C@@H](OC4CCCCO4)CC[C@H]3[C@H]12. The van der Waals surface area contributed by atoms with Gasteiger partial charge in [-0.1, -0.05) is 19.9 Å². The van der Waals surface area contributed by atoms with Crippen LogP contribution in [0.5, 0.6) is 5.75 Å². The number of ketones is 1. The second-order valence-electron chi connectivity index (χ2n) is 11.6. The zero-order valence-electron chi connectivity index (χ0n) is 20.8. The maximum Gasteiger partial charge on any atom is 0.199 e. The molecule has 6 rings (SSSR count). The van der Waals surface area contributed by atoms with Crippen LogP contribution in [0.3, 0.4) is 0 Å². The maximum absolute atomic E-state index is 13.7. The number of hydrogen-bond donors (Lipinski definition) is 0. The molecule has 0 amide bonds. The predicted molar refractivity (Wildman–Crippen MR) is 129 cm³/mol. The molecule has 34 heavy (non-hydrogen) atoms. The molecule has 2 aliphatic heterocycles. The molecule has 0 spiro atoms. The van der Waals surface area contributed by atoms with Gasteiger partial charge in [-0.25, -0.2) is 0 Å². The van der Waals surface area contributed by atoms with E-state index in [4.69, 9.17) is 18.9 Å². The van der Waals surface area contributed by atoms with Crippen molar-refractivity contribution >= 4 is 5.78 Å². The molecule has 5 nitrogen and oxygen atoms in total. The molecule has 186 valence electrons. The van der Waals surface area contributed by atoms with Gasteiger partial charge in [-0.05, 0) is 98.7 Å². The molecule has 2 saturated heterocycles. The number of carbonyl (C=O) groups is 1. The molecule has 0 aromatic heterocycles. The minimum Gasteiger partial charge on any atom is -0.465 e. The third-order valence-electron chi connectivity index (χ3n) is 9.79. The monoisotopic (exact) mass is 468 g/mol. The van der Waals surface area contributed by atoms with Gasteiger partial charge in [0.1, 0.15) is 5.75 Å². The number of ether oxygens (including phenoxy) is 4. The molecule has 8 atom stereocenters. The Morgan fingerprint density at radius 1 is 0.941 bits per heavy atom. The van der Waals surface area contributed by atoms with E-state index in [1.807, 2.05) is 6.07 Å². The normalized spacial score (nSPS) is 41.9. The van der Waals surface area contributed by atoms with Gasteiger partial charge in [0.2, 0.25) is 0 Å². The lowest BCUT2D eigenvalue weighted by atomic mass is 9.52. The van der Waals surface area contributed by atoms with Crippen molar-refractivity contribution in [3.63, 3.8) is 0 Å². The van der Waals surface area contributed by atoms with Gasteiger partial charge in [-0.15, -0.1) is 0 Å². The van der Waals surface area contributed by atoms with E-state index in [0.29, 0.717) is 17.8 Å². The average molecular weight is 469 g/mol. The van der Waals surface area contributed by atoms with Gasteiger partial charge in [0.15, 0.2) is 18.4 Å². The van der Waals surface area contributed by atoms with Crippen LogP contribution in [-0.2, 0) is 14.2 Å². The lowest BCUT2D eigenvalue weighted by Gasteiger charge is -2.52. The number of fused-ring (bicyclic) bond motifs is 5. The first kappa shape index (κ1) is 23.0. The van der Waals surface area contributed by atoms with Gasteiger partial charge >= 0.3 is 0 Å². The van der Waals surface area contributed by atoms with E-state index in [9.17, 15) is 4.79 Å². The highest BCUT2D eigenvalue weighted by Crippen LogP contribution is 2.63. The van der Waals surface area contributed by atoms with E-state index in [0.717, 1.165) is 82.3 Å². The summed E-state index contributed by atoms with van der Waals surface area (Å²) >= 11 is 0. The third-order valence-corrected chi connectivity index (χ3v) is 9.79. The molecule has 5 heteroatoms. The summed E-state index contributed by atoms with van der Waals surface area (Å²) in [5.74, 6) is 2.47. The van der Waals surface area contributed by atoms with Crippen molar-refractivity contribution < 1.29 is 23.7 Å². The second-order valence-corrected chi connectivity index (χ2v) is 11.6. The molecule has 0 N–H and O–H groups in total. The molecule has 3 aliphatic carbocycles. The smallest absolute Gasteiger partial charge is 0.199 e. The van der Waals surface area contributed by atoms with Gasteiger partial charge in [-0.3, -0.25) is 4.79 Å². The maximum atomic E-state index is 13.7. The predicted octanol–water partition coefficient (Wildman–Crippen LogP) is 6.25. The zero-order chi connectivity index (χ0) is 23.3. The van der Waals surface area contributed by atoms with Gasteiger partial charge in [0.05, 0.1) is 12.7 Å². The summed E-state index contributed by atoms with van der Waals surface area (Å²) < 4.78 is 24.4. The van der Waals surface area contributed by atoms with Crippen LogP contribution in [0.2, 0.25) is 0 Å². The summed E-state index contributed by atoms with van der Waals surface area (Å²) in [5.41, 5.74) is 2.26. The topological polar surface area (TPSA) is 54.0 Å². The largest absolute Gasteiger partial charge is 0.465 e. The molecular weight excluding hydrogens is 428 g/mol. The van der Waals surface area contributed by atoms with Crippen molar-refractivity contribution in [3.8, 4) is 5.75 Å². The van der Waals surface area contributed by atoms with Crippen molar-refractivity contribution in [2.45, 2.75) is 103 Å². The Labute approximate surface area is 203 Å². The van der Waals surface area contributed by atoms with Crippen LogP contribution in [0.4, 0.5) is 0 Å². The van der Waals surface area contributed by atoms with Crippen molar-refractivity contribution in [1.29, 1.82) is 0 Å². The lowest BCUT2D eigenvalue weighted by molar-refractivity contribution is -0.213. The molecule has 4 fully saturated rings. The first-order valence-corrected chi connectivity index (χ1v) is 13.8. The van der Waals surface area contributed by atoms with E-state index >= 15 is 0 Å². The Bertz CT molecular complexity index is 902. The van der Waals surface area contributed by atoms with Crippen molar-refractivity contribution in [2.75, 3.05) is 13.2 Å². The van der Waals surface area contributed by atoms with Crippen molar-refractivity contribution in [1.82, 2.24) is 0 Å². The van der Waals surface area contributed by atoms with Crippen molar-refractivity contribution in [3.05, 3.63) is 29.3 Å². The Balaban J connectivity index is 1.22. The van der Waals surface area contributed by atoms with Gasteiger partial charge < -0.3 is 18.9 Å². The van der Waals surface area contributed by atoms with E-state index in [-0.39, 0.29) is 35.8 Å². The molecule has 2 heterocycles. The molecule has 1 aromatic carbocycles. The van der Waals surface area contributed by atoms with E-state index in [1.54, 1.807) is 0 Å². The van der Waals surface area contributed by atoms with Crippen LogP contribution in [0, 0.1) is 23.2 Å². The first-order chi connectivity index (χ1) is 16.5. The quantitative estimate of drug-likeness (QED) is 0.523. The Morgan fingerprint density at radius 2 is 1.71 bits per heavy atom. The van der Waals surface area contributed by atoms with Crippen LogP contribution in [0.1, 0.15) is 99.9 Å². The summed E-state index contributed by atoms with van der Waals surface area (Å²) in [4.78, 5) is 13.7. The molecule has 5 aliphatic rings. The number of carbonyl (C=O) groups excluding carboxylic acids is 1. The number of rotatable bonds is 4. The van der Waals surface area contributed by atoms with E-state index in [2.05, 4.69) is 26.0 Å². The highest BCUT2D eigenvalue weighted by molar-refractivity contribution is 6.01. The molecule has 2 unspecified atom stereocenters. The van der Waals surface area contributed by atoms with Gasteiger partial charge in [0, 0.05) is 24.5 Å². The Kier molecular flexibility index (Phi) is 6.24. The fourth-order valence-electron chi connectivity index (χ4n) is 7.95. The molecular formula is C29H40O5. The summed E-state index contributed by atoms with van der Waals surface area (Å²) in [6.45, 7) is 6.18. The van der Waals surface area contributed by atoms with E-state index < -0.39 is 0 Å². The fourth-order valence-corrected chi connectivity index (χ4v) is 7.95. The Morgan fingerprint density at radius 3 is 2.44 bits per heavy atom. The molecule has 0 bridgehead atoms. The standard InChI is InChI=1S/C29H40O5/c1-18-27-21(13-14-29(2)23(27)11-12-24(29)34-26-8-4-6-16-32-26)20-10-9-19(17-22(20)28(18)30)33-25-7-3-5-15-31-25/h9-10,17-18,21,23-27H,3-8,11-16H2,1-2H3/t18-,21+,23-,24-,25?,26?,27+,29-/m0/s1. The van der Waals surface area contributed by atoms with Crippen LogP contribution in [-0.4, -0.2) is 37.7 Å². The molecule has 2 saturated carbocycles. The van der Waals surface area contributed by atoms with Crippen LogP contribution >= 0.6 is 0 Å². The van der Waals surface area contributed by atoms with Gasteiger partial charge in [-0.2, -0.15) is 0 Å². The second kappa shape index (κ2) is 9.22. The highest BCUT2D eigenvalue weighted by Gasteiger charge is 2.58. The Hall–Kier alpha value is -1.43. The van der Waals surface area contributed by atoms with Crippen LogP contribution in [0.25, 0.3) is 0 Å². The van der Waals surface area contributed by atoms with E-state index in [1.165, 1.54) is 12.0 Å². The number of hydrogen-bond acceptors (Lipinski definition) is 5. The molecule has 0 radical (unpaired) electrons. The fraction of sp³-hybridized carbons (Fsp3) is 0.759. The number of Topliss-reactive ketones (excluding diaryl/α,β-unsaturated/α-hetero) is 1. The summed E-state index contributed by atoms with van der Waals surface area (Å²) in [6.07, 6.45) is 11.1. The zero-order valence-corrected chi connectivity index (χ0v) is 20.8. The van der Waals surface area contributed by atoms with Crippen LogP contribution in [0.15, 0.2) is 18.2 Å². The third kappa shape index (κ3) is 3.92. The lowest BCUT2D eigenvalue weighted by Crippen LogP contribution is -2.49. The van der Waals surface area contributed by atoms with Gasteiger partial charge in [0.25, 0.3) is 0 Å². The number of benzene rings is 1. The highest BCUT2D eigenvalue weighted by atomic mass is 16.7. The summed E-state index contributed by atoms with van der Waals surface area (Å²) in [6, 6.07) is 6.24. The first-order valence-electron chi connectivity index (χ1n) is 13.8. The minimum atomic E-state index is -0.186. The average Bonchev–Trinajstić information content (AvgIpc) is 3.19. The summed E-state index contributed by atoms with van der Waals surface area (Å²) in [5, 5.41) is 0. The van der Waals surface area contributed by atoms with Crippen molar-refractivity contribution in [2.24, 2.45) is 23.2 Å². The minimum absolute atomic E-state index is 0.0352. The molecule has 1 aromatic rings.